The number of benzene rings is 2. The van der Waals surface area contributed by atoms with Gasteiger partial charge < -0.3 is 5.32 Å². The summed E-state index contributed by atoms with van der Waals surface area (Å²) in [6.45, 7) is 0. The molecule has 0 bridgehead atoms. The van der Waals surface area contributed by atoms with Gasteiger partial charge in [0.1, 0.15) is 0 Å². The topological polar surface area (TPSA) is 41.1 Å². The van der Waals surface area contributed by atoms with Crippen LogP contribution in [-0.4, -0.2) is 11.0 Å². The first kappa shape index (κ1) is 15.4. The Balaban J connectivity index is 1.86. The van der Waals surface area contributed by atoms with E-state index in [1.807, 2.05) is 54.6 Å². The van der Waals surface area contributed by atoms with Gasteiger partial charge in [-0.2, -0.15) is 0 Å². The van der Waals surface area contributed by atoms with E-state index in [4.69, 9.17) is 12.2 Å². The van der Waals surface area contributed by atoms with E-state index in [1.165, 1.54) is 6.08 Å². The second kappa shape index (κ2) is 7.71. The van der Waals surface area contributed by atoms with Crippen LogP contribution in [0, 0.1) is 0 Å². The van der Waals surface area contributed by atoms with Crippen LogP contribution in [0.1, 0.15) is 5.56 Å². The van der Waals surface area contributed by atoms with Crippen LogP contribution in [0.25, 0.3) is 6.08 Å². The van der Waals surface area contributed by atoms with Crippen molar-refractivity contribution in [2.75, 3.05) is 5.32 Å². The van der Waals surface area contributed by atoms with Crippen LogP contribution in [0.5, 0.6) is 0 Å². The minimum atomic E-state index is -0.270. The third-order valence-corrected chi connectivity index (χ3v) is 3.30. The zero-order valence-corrected chi connectivity index (χ0v) is 13.4. The highest BCUT2D eigenvalue weighted by Gasteiger charge is 2.01. The summed E-state index contributed by atoms with van der Waals surface area (Å²) in [5.74, 6) is -0.270. The molecule has 0 aliphatic carbocycles. The normalized spacial score (nSPS) is 10.3. The minimum Gasteiger partial charge on any atom is -0.332 e. The SMILES string of the molecule is O=C(/C=C/c1ccccc1)NC(=S)Nc1ccc(Br)cc1. The molecule has 0 spiro atoms. The Kier molecular flexibility index (Phi) is 5.66. The van der Waals surface area contributed by atoms with E-state index >= 15 is 0 Å². The Morgan fingerprint density at radius 3 is 2.38 bits per heavy atom. The van der Waals surface area contributed by atoms with Gasteiger partial charge >= 0.3 is 0 Å². The molecule has 0 radical (unpaired) electrons. The number of amides is 1. The number of hydrogen-bond donors (Lipinski definition) is 2. The van der Waals surface area contributed by atoms with Crippen molar-refractivity contribution in [3.05, 3.63) is 70.7 Å². The Bertz CT molecular complexity index is 654. The number of anilines is 1. The van der Waals surface area contributed by atoms with Crippen LogP contribution in [0.15, 0.2) is 65.1 Å². The highest BCUT2D eigenvalue weighted by molar-refractivity contribution is 9.10. The monoisotopic (exact) mass is 360 g/mol. The molecular weight excluding hydrogens is 348 g/mol. The van der Waals surface area contributed by atoms with Gasteiger partial charge in [0, 0.05) is 16.2 Å². The third kappa shape index (κ3) is 5.49. The summed E-state index contributed by atoms with van der Waals surface area (Å²) in [4.78, 5) is 11.7. The molecule has 0 aliphatic rings. The summed E-state index contributed by atoms with van der Waals surface area (Å²) < 4.78 is 0.980. The quantitative estimate of drug-likeness (QED) is 0.642. The molecule has 2 N–H and O–H groups in total. The lowest BCUT2D eigenvalue weighted by Gasteiger charge is -2.07. The summed E-state index contributed by atoms with van der Waals surface area (Å²) in [7, 11) is 0. The van der Waals surface area contributed by atoms with Crippen LogP contribution < -0.4 is 10.6 Å². The average molecular weight is 361 g/mol. The van der Waals surface area contributed by atoms with Gasteiger partial charge in [-0.15, -0.1) is 0 Å². The fourth-order valence-electron chi connectivity index (χ4n) is 1.59. The first-order chi connectivity index (χ1) is 10.1. The standard InChI is InChI=1S/C16H13BrN2OS/c17-13-7-9-14(10-8-13)18-16(21)19-15(20)11-6-12-4-2-1-3-5-12/h1-11H,(H2,18,19,20,21)/b11-6+. The predicted molar refractivity (Wildman–Crippen MR) is 94.0 cm³/mol. The fraction of sp³-hybridized carbons (Fsp3) is 0. The lowest BCUT2D eigenvalue weighted by molar-refractivity contribution is -0.115. The summed E-state index contributed by atoms with van der Waals surface area (Å²) in [6.07, 6.45) is 3.18. The second-order valence-corrected chi connectivity index (χ2v) is 5.52. The highest BCUT2D eigenvalue weighted by Crippen LogP contribution is 2.13. The van der Waals surface area contributed by atoms with Gasteiger partial charge in [0.05, 0.1) is 0 Å². The molecule has 0 atom stereocenters. The van der Waals surface area contributed by atoms with Crippen molar-refractivity contribution >= 4 is 50.9 Å². The number of halogens is 1. The molecule has 0 aliphatic heterocycles. The molecular formula is C16H13BrN2OS. The van der Waals surface area contributed by atoms with Crippen molar-refractivity contribution in [1.29, 1.82) is 0 Å². The van der Waals surface area contributed by atoms with Crippen LogP contribution in [0.2, 0.25) is 0 Å². The molecule has 1 amide bonds. The Morgan fingerprint density at radius 1 is 1.05 bits per heavy atom. The van der Waals surface area contributed by atoms with Crippen molar-refractivity contribution in [2.24, 2.45) is 0 Å². The maximum absolute atomic E-state index is 11.7. The maximum atomic E-state index is 11.7. The number of carbonyl (C=O) groups excluding carboxylic acids is 1. The fourth-order valence-corrected chi connectivity index (χ4v) is 2.07. The Hall–Kier alpha value is -1.98. The van der Waals surface area contributed by atoms with Crippen LogP contribution >= 0.6 is 28.1 Å². The number of hydrogen-bond acceptors (Lipinski definition) is 2. The molecule has 5 heteroatoms. The van der Waals surface area contributed by atoms with Crippen molar-refractivity contribution in [2.45, 2.75) is 0 Å². The molecule has 0 fully saturated rings. The van der Waals surface area contributed by atoms with Gasteiger partial charge in [0.2, 0.25) is 5.91 Å². The number of nitrogens with one attached hydrogen (secondary N) is 2. The number of thiocarbonyl (C=S) groups is 1. The highest BCUT2D eigenvalue weighted by atomic mass is 79.9. The van der Waals surface area contributed by atoms with Gasteiger partial charge in [0.15, 0.2) is 5.11 Å². The molecule has 21 heavy (non-hydrogen) atoms. The van der Waals surface area contributed by atoms with E-state index in [1.54, 1.807) is 6.08 Å². The molecule has 0 saturated heterocycles. The number of rotatable bonds is 3. The molecule has 106 valence electrons. The van der Waals surface area contributed by atoms with Gasteiger partial charge in [-0.3, -0.25) is 10.1 Å². The predicted octanol–water partition coefficient (Wildman–Crippen LogP) is 3.98. The molecule has 0 aromatic heterocycles. The van der Waals surface area contributed by atoms with E-state index < -0.39 is 0 Å². The first-order valence-electron chi connectivity index (χ1n) is 6.24. The maximum Gasteiger partial charge on any atom is 0.250 e. The van der Waals surface area contributed by atoms with E-state index in [0.29, 0.717) is 0 Å². The molecule has 0 unspecified atom stereocenters. The zero-order valence-electron chi connectivity index (χ0n) is 11.0. The Labute approximate surface area is 137 Å². The lowest BCUT2D eigenvalue weighted by Crippen LogP contribution is -2.32. The summed E-state index contributed by atoms with van der Waals surface area (Å²) in [5.41, 5.74) is 1.77. The van der Waals surface area contributed by atoms with Crippen LogP contribution in [0.4, 0.5) is 5.69 Å². The molecule has 0 saturated carbocycles. The molecule has 2 aromatic carbocycles. The van der Waals surface area contributed by atoms with Gasteiger partial charge in [0.25, 0.3) is 0 Å². The van der Waals surface area contributed by atoms with Crippen LogP contribution in [-0.2, 0) is 4.79 Å². The van der Waals surface area contributed by atoms with Gasteiger partial charge in [-0.1, -0.05) is 46.3 Å². The van der Waals surface area contributed by atoms with E-state index in [9.17, 15) is 4.79 Å². The summed E-state index contributed by atoms with van der Waals surface area (Å²) in [6, 6.07) is 17.1. The molecule has 2 aromatic rings. The molecule has 3 nitrogen and oxygen atoms in total. The zero-order chi connectivity index (χ0) is 15.1. The largest absolute Gasteiger partial charge is 0.332 e. The number of carbonyl (C=O) groups is 1. The third-order valence-electron chi connectivity index (χ3n) is 2.57. The first-order valence-corrected chi connectivity index (χ1v) is 7.44. The summed E-state index contributed by atoms with van der Waals surface area (Å²) >= 11 is 8.44. The second-order valence-electron chi connectivity index (χ2n) is 4.19. The minimum absolute atomic E-state index is 0.264. The van der Waals surface area contributed by atoms with Crippen molar-refractivity contribution < 1.29 is 4.79 Å². The Morgan fingerprint density at radius 2 is 1.71 bits per heavy atom. The lowest BCUT2D eigenvalue weighted by atomic mass is 10.2. The van der Waals surface area contributed by atoms with Gasteiger partial charge in [-0.25, -0.2) is 0 Å². The van der Waals surface area contributed by atoms with Gasteiger partial charge in [-0.05, 0) is 48.1 Å². The van der Waals surface area contributed by atoms with E-state index in [-0.39, 0.29) is 11.0 Å². The van der Waals surface area contributed by atoms with Crippen molar-refractivity contribution in [3.8, 4) is 0 Å². The van der Waals surface area contributed by atoms with Crippen LogP contribution in [0.3, 0.4) is 0 Å². The molecule has 0 heterocycles. The van der Waals surface area contributed by atoms with E-state index in [0.717, 1.165) is 15.7 Å². The van der Waals surface area contributed by atoms with E-state index in [2.05, 4.69) is 26.6 Å². The molecule has 2 rings (SSSR count). The van der Waals surface area contributed by atoms with Crippen molar-refractivity contribution in [3.63, 3.8) is 0 Å². The average Bonchev–Trinajstić information content (AvgIpc) is 2.48. The smallest absolute Gasteiger partial charge is 0.250 e. The summed E-state index contributed by atoms with van der Waals surface area (Å²) in [5, 5.41) is 5.80. The van der Waals surface area contributed by atoms with Crippen molar-refractivity contribution in [1.82, 2.24) is 5.32 Å².